The van der Waals surface area contributed by atoms with Gasteiger partial charge in [0, 0.05) is 30.8 Å². The summed E-state index contributed by atoms with van der Waals surface area (Å²) in [6, 6.07) is 6.84. The fourth-order valence-corrected chi connectivity index (χ4v) is 3.59. The number of Topliss-reactive ketones (excluding diaryl/α,β-unsaturated/α-hetero) is 1. The SMILES string of the molecule is O=C1CCN(c2ccc(N3C[C@@H](CCS(=O)(=O)O)OC3=O)cc2)CC1F. The Morgan fingerprint density at radius 1 is 1.15 bits per heavy atom. The summed E-state index contributed by atoms with van der Waals surface area (Å²) in [6.45, 7) is 0.641. The van der Waals surface area contributed by atoms with Gasteiger partial charge in [-0.25, -0.2) is 9.18 Å². The van der Waals surface area contributed by atoms with E-state index in [2.05, 4.69) is 0 Å². The van der Waals surface area contributed by atoms with Crippen molar-refractivity contribution < 1.29 is 31.7 Å². The topological polar surface area (TPSA) is 104 Å². The summed E-state index contributed by atoms with van der Waals surface area (Å²) in [4.78, 5) is 26.4. The molecule has 0 aliphatic carbocycles. The van der Waals surface area contributed by atoms with Gasteiger partial charge in [0.15, 0.2) is 12.0 Å². The van der Waals surface area contributed by atoms with Crippen LogP contribution in [0.1, 0.15) is 12.8 Å². The molecule has 1 unspecified atom stereocenters. The molecule has 1 aromatic rings. The molecule has 0 spiro atoms. The molecule has 1 aromatic carbocycles. The van der Waals surface area contributed by atoms with Crippen LogP contribution in [0, 0.1) is 0 Å². The zero-order valence-corrected chi connectivity index (χ0v) is 14.7. The number of rotatable bonds is 5. The average Bonchev–Trinajstić information content (AvgIpc) is 2.96. The lowest BCUT2D eigenvalue weighted by Gasteiger charge is -2.30. The number of amides is 1. The largest absolute Gasteiger partial charge is 0.444 e. The van der Waals surface area contributed by atoms with Gasteiger partial charge in [-0.2, -0.15) is 8.42 Å². The minimum Gasteiger partial charge on any atom is -0.444 e. The number of anilines is 2. The number of ether oxygens (including phenoxy) is 1. The first kappa shape index (κ1) is 18.6. The number of carbonyl (C=O) groups is 2. The van der Waals surface area contributed by atoms with Crippen molar-refractivity contribution in [3.05, 3.63) is 24.3 Å². The van der Waals surface area contributed by atoms with Gasteiger partial charge in [-0.05, 0) is 24.3 Å². The van der Waals surface area contributed by atoms with Gasteiger partial charge in [-0.3, -0.25) is 14.2 Å². The molecular formula is C16H19FN2O6S. The molecule has 0 bridgehead atoms. The molecule has 0 aromatic heterocycles. The maximum Gasteiger partial charge on any atom is 0.414 e. The van der Waals surface area contributed by atoms with Gasteiger partial charge < -0.3 is 9.64 Å². The fourth-order valence-electron chi connectivity index (χ4n) is 3.03. The molecule has 1 N–H and O–H groups in total. The Balaban J connectivity index is 1.63. The molecule has 3 rings (SSSR count). The highest BCUT2D eigenvalue weighted by atomic mass is 32.2. The van der Waals surface area contributed by atoms with Crippen molar-refractivity contribution in [1.29, 1.82) is 0 Å². The van der Waals surface area contributed by atoms with Gasteiger partial charge >= 0.3 is 6.09 Å². The molecule has 1 amide bonds. The van der Waals surface area contributed by atoms with Crippen LogP contribution in [0.15, 0.2) is 24.3 Å². The number of benzene rings is 1. The van der Waals surface area contributed by atoms with E-state index in [1.165, 1.54) is 4.90 Å². The summed E-state index contributed by atoms with van der Waals surface area (Å²) in [5.41, 5.74) is 1.32. The fraction of sp³-hybridized carbons (Fsp3) is 0.500. The number of alkyl halides is 1. The summed E-state index contributed by atoms with van der Waals surface area (Å²) in [5.74, 6) is -0.857. The number of ketones is 1. The second-order valence-corrected chi connectivity index (χ2v) is 7.91. The number of hydrogen-bond acceptors (Lipinski definition) is 6. The molecule has 2 aliphatic heterocycles. The number of nitrogens with zero attached hydrogens (tertiary/aromatic N) is 2. The van der Waals surface area contributed by atoms with Gasteiger partial charge in [0.2, 0.25) is 0 Å². The first-order valence-electron chi connectivity index (χ1n) is 8.18. The Bertz CT molecular complexity index is 797. The first-order chi connectivity index (χ1) is 12.2. The molecule has 2 saturated heterocycles. The molecule has 0 saturated carbocycles. The van der Waals surface area contributed by atoms with E-state index in [-0.39, 0.29) is 31.7 Å². The van der Waals surface area contributed by atoms with Gasteiger partial charge in [0.1, 0.15) is 6.10 Å². The van der Waals surface area contributed by atoms with E-state index in [0.717, 1.165) is 5.69 Å². The van der Waals surface area contributed by atoms with E-state index >= 15 is 0 Å². The molecule has 8 nitrogen and oxygen atoms in total. The molecule has 26 heavy (non-hydrogen) atoms. The zero-order valence-electron chi connectivity index (χ0n) is 13.9. The third-order valence-corrected chi connectivity index (χ3v) is 5.21. The molecule has 10 heteroatoms. The molecular weight excluding hydrogens is 367 g/mol. The highest BCUT2D eigenvalue weighted by molar-refractivity contribution is 7.85. The van der Waals surface area contributed by atoms with E-state index in [1.54, 1.807) is 29.2 Å². The van der Waals surface area contributed by atoms with E-state index in [1.807, 2.05) is 0 Å². The summed E-state index contributed by atoms with van der Waals surface area (Å²) < 4.78 is 49.1. The van der Waals surface area contributed by atoms with Crippen LogP contribution < -0.4 is 9.80 Å². The van der Waals surface area contributed by atoms with Crippen LogP contribution in [0.2, 0.25) is 0 Å². The Labute approximate surface area is 150 Å². The number of hydrogen-bond donors (Lipinski definition) is 1. The van der Waals surface area contributed by atoms with Crippen LogP contribution in [0.25, 0.3) is 0 Å². The Morgan fingerprint density at radius 2 is 1.81 bits per heavy atom. The van der Waals surface area contributed by atoms with Crippen LogP contribution in [0.5, 0.6) is 0 Å². The third kappa shape index (κ3) is 4.31. The smallest absolute Gasteiger partial charge is 0.414 e. The van der Waals surface area contributed by atoms with Gasteiger partial charge in [-0.1, -0.05) is 0 Å². The number of piperidine rings is 1. The van der Waals surface area contributed by atoms with Gasteiger partial charge in [0.25, 0.3) is 10.1 Å². The summed E-state index contributed by atoms with van der Waals surface area (Å²) in [5, 5.41) is 0. The quantitative estimate of drug-likeness (QED) is 0.763. The summed E-state index contributed by atoms with van der Waals surface area (Å²) in [6.07, 6.45) is -2.52. The Morgan fingerprint density at radius 3 is 2.42 bits per heavy atom. The predicted octanol–water partition coefficient (Wildman–Crippen LogP) is 1.41. The van der Waals surface area contributed by atoms with Crippen molar-refractivity contribution >= 4 is 33.4 Å². The average molecular weight is 386 g/mol. The van der Waals surface area contributed by atoms with Crippen LogP contribution in [0.3, 0.4) is 0 Å². The maximum atomic E-state index is 13.6. The standard InChI is InChI=1S/C16H19FN2O6S/c17-14-10-18(7-5-15(14)20)11-1-3-12(4-2-11)19-9-13(25-16(19)21)6-8-26(22,23)24/h1-4,13-14H,5-10H2,(H,22,23,24)/t13-,14?/m1/s1. The second-order valence-electron chi connectivity index (χ2n) is 6.34. The van der Waals surface area contributed by atoms with E-state index in [9.17, 15) is 22.4 Å². The minimum absolute atomic E-state index is 0.0127. The van der Waals surface area contributed by atoms with Crippen LogP contribution in [0.4, 0.5) is 20.6 Å². The van der Waals surface area contributed by atoms with E-state index in [4.69, 9.17) is 9.29 Å². The third-order valence-electron chi connectivity index (χ3n) is 4.46. The van der Waals surface area contributed by atoms with Gasteiger partial charge in [-0.15, -0.1) is 0 Å². The Kier molecular flexibility index (Phi) is 5.15. The lowest BCUT2D eigenvalue weighted by Crippen LogP contribution is -2.42. The summed E-state index contributed by atoms with van der Waals surface area (Å²) >= 11 is 0. The highest BCUT2D eigenvalue weighted by Crippen LogP contribution is 2.27. The number of carbonyl (C=O) groups excluding carboxylic acids is 2. The molecule has 2 fully saturated rings. The second kappa shape index (κ2) is 7.20. The summed E-state index contributed by atoms with van der Waals surface area (Å²) in [7, 11) is -4.11. The van der Waals surface area contributed by atoms with E-state index < -0.39 is 34.2 Å². The predicted molar refractivity (Wildman–Crippen MR) is 91.8 cm³/mol. The van der Waals surface area contributed by atoms with Crippen molar-refractivity contribution in [2.45, 2.75) is 25.1 Å². The van der Waals surface area contributed by atoms with Crippen LogP contribution >= 0.6 is 0 Å². The molecule has 142 valence electrons. The molecule has 2 heterocycles. The lowest BCUT2D eigenvalue weighted by atomic mass is 10.1. The molecule has 2 atom stereocenters. The van der Waals surface area contributed by atoms with Crippen molar-refractivity contribution in [3.8, 4) is 0 Å². The monoisotopic (exact) mass is 386 g/mol. The van der Waals surface area contributed by atoms with Crippen molar-refractivity contribution in [2.75, 3.05) is 35.2 Å². The minimum atomic E-state index is -4.11. The van der Waals surface area contributed by atoms with Gasteiger partial charge in [0.05, 0.1) is 18.8 Å². The lowest BCUT2D eigenvalue weighted by molar-refractivity contribution is -0.124. The highest BCUT2D eigenvalue weighted by Gasteiger charge is 2.33. The number of cyclic esters (lactones) is 1. The first-order valence-corrected chi connectivity index (χ1v) is 9.79. The van der Waals surface area contributed by atoms with Crippen molar-refractivity contribution in [1.82, 2.24) is 0 Å². The maximum absolute atomic E-state index is 13.6. The van der Waals surface area contributed by atoms with E-state index in [0.29, 0.717) is 12.2 Å². The van der Waals surface area contributed by atoms with Crippen LogP contribution in [-0.2, 0) is 19.6 Å². The Hall–Kier alpha value is -2.20. The van der Waals surface area contributed by atoms with Crippen molar-refractivity contribution in [3.63, 3.8) is 0 Å². The van der Waals surface area contributed by atoms with Crippen LogP contribution in [-0.4, -0.2) is 62.5 Å². The molecule has 0 radical (unpaired) electrons. The zero-order chi connectivity index (χ0) is 18.9. The molecule has 2 aliphatic rings. The number of halogens is 1. The normalized spacial score (nSPS) is 24.1. The van der Waals surface area contributed by atoms with Crippen molar-refractivity contribution in [2.24, 2.45) is 0 Å².